The third-order valence-corrected chi connectivity index (χ3v) is 6.46. The highest BCUT2D eigenvalue weighted by Crippen LogP contribution is 2.28. The molecule has 0 aliphatic carbocycles. The van der Waals surface area contributed by atoms with E-state index < -0.39 is 5.97 Å². The Balaban J connectivity index is 1.42. The number of rotatable bonds is 5. The van der Waals surface area contributed by atoms with Gasteiger partial charge in [-0.15, -0.1) is 0 Å². The van der Waals surface area contributed by atoms with Gasteiger partial charge in [0.2, 0.25) is 5.95 Å². The number of aromatic nitrogens is 6. The van der Waals surface area contributed by atoms with Gasteiger partial charge in [0.25, 0.3) is 0 Å². The molecule has 1 aliphatic rings. The topological polar surface area (TPSA) is 125 Å². The molecule has 1 aliphatic heterocycles. The molecule has 182 valence electrons. The molecule has 3 aromatic heterocycles. The van der Waals surface area contributed by atoms with E-state index in [4.69, 9.17) is 9.97 Å². The number of benzene rings is 2. The van der Waals surface area contributed by atoms with E-state index in [2.05, 4.69) is 19.8 Å². The lowest BCUT2D eigenvalue weighted by molar-refractivity contribution is -0.137. The van der Waals surface area contributed by atoms with Gasteiger partial charge in [-0.05, 0) is 43.3 Å². The summed E-state index contributed by atoms with van der Waals surface area (Å²) in [6.07, 6.45) is 1.50. The first-order valence-corrected chi connectivity index (χ1v) is 11.7. The van der Waals surface area contributed by atoms with Crippen LogP contribution in [0.5, 0.6) is 5.75 Å². The number of aliphatic carboxylic acids is 1. The lowest BCUT2D eigenvalue weighted by atomic mass is 10.2. The van der Waals surface area contributed by atoms with Crippen molar-refractivity contribution in [2.45, 2.75) is 13.5 Å². The number of hydrogen-bond donors (Lipinski definition) is 2. The molecule has 4 heterocycles. The van der Waals surface area contributed by atoms with E-state index in [0.717, 1.165) is 35.6 Å². The summed E-state index contributed by atoms with van der Waals surface area (Å²) in [5.74, 6) is 1.13. The second-order valence-corrected chi connectivity index (χ2v) is 8.76. The van der Waals surface area contributed by atoms with Crippen molar-refractivity contribution < 1.29 is 15.0 Å². The van der Waals surface area contributed by atoms with Crippen molar-refractivity contribution in [3.05, 3.63) is 60.7 Å². The zero-order chi connectivity index (χ0) is 24.8. The molecule has 1 fully saturated rings. The Morgan fingerprint density at radius 3 is 2.42 bits per heavy atom. The number of phenols is 1. The zero-order valence-electron chi connectivity index (χ0n) is 19.6. The molecule has 0 radical (unpaired) electrons. The summed E-state index contributed by atoms with van der Waals surface area (Å²) >= 11 is 0. The first-order chi connectivity index (χ1) is 17.5. The third kappa shape index (κ3) is 3.74. The Morgan fingerprint density at radius 1 is 0.944 bits per heavy atom. The maximum Gasteiger partial charge on any atom is 0.323 e. The molecule has 0 atom stereocenters. The molecule has 5 aromatic rings. The normalized spacial score (nSPS) is 14.1. The number of carboxylic acid groups (broad SMARTS) is 1. The summed E-state index contributed by atoms with van der Waals surface area (Å²) in [6, 6.07) is 15.0. The summed E-state index contributed by atoms with van der Waals surface area (Å²) < 4.78 is 3.49. The minimum Gasteiger partial charge on any atom is -0.508 e. The van der Waals surface area contributed by atoms with Gasteiger partial charge in [-0.1, -0.05) is 12.1 Å². The summed E-state index contributed by atoms with van der Waals surface area (Å²) in [7, 11) is 0. The number of aryl methyl sites for hydroxylation is 1. The number of anilines is 2. The minimum atomic E-state index is -0.970. The van der Waals surface area contributed by atoms with Crippen molar-refractivity contribution in [3.63, 3.8) is 0 Å². The Hall–Kier alpha value is -4.67. The van der Waals surface area contributed by atoms with Crippen molar-refractivity contribution in [1.29, 1.82) is 0 Å². The van der Waals surface area contributed by atoms with Gasteiger partial charge in [0.05, 0.1) is 17.4 Å². The maximum atomic E-state index is 11.5. The predicted octanol–water partition coefficient (Wildman–Crippen LogP) is 2.59. The smallest absolute Gasteiger partial charge is 0.323 e. The van der Waals surface area contributed by atoms with Crippen LogP contribution in [0.4, 0.5) is 11.6 Å². The average molecular weight is 485 g/mol. The van der Waals surface area contributed by atoms with Crippen molar-refractivity contribution in [2.24, 2.45) is 0 Å². The standard InChI is InChI=1S/C25H24N8O3/c1-16-27-19-4-2-3-5-20(19)33(16)24-22-23(32(15-26-22)14-21(35)36)28-25(29-24)31-12-10-30(11-13-31)17-6-8-18(34)9-7-17/h2-9,15,34H,10-14H2,1H3,(H,35,36). The number of fused-ring (bicyclic) bond motifs is 2. The fourth-order valence-corrected chi connectivity index (χ4v) is 4.72. The van der Waals surface area contributed by atoms with Crippen molar-refractivity contribution in [2.75, 3.05) is 36.0 Å². The number of imidazole rings is 2. The summed E-state index contributed by atoms with van der Waals surface area (Å²) in [4.78, 5) is 34.7. The van der Waals surface area contributed by atoms with Crippen LogP contribution in [-0.2, 0) is 11.3 Å². The quantitative estimate of drug-likeness (QED) is 0.387. The summed E-state index contributed by atoms with van der Waals surface area (Å²) in [5.41, 5.74) is 3.77. The number of aromatic hydroxyl groups is 1. The Morgan fingerprint density at radius 2 is 1.67 bits per heavy atom. The molecule has 2 N–H and O–H groups in total. The van der Waals surface area contributed by atoms with Gasteiger partial charge >= 0.3 is 5.97 Å². The van der Waals surface area contributed by atoms with Crippen LogP contribution in [0.1, 0.15) is 5.82 Å². The van der Waals surface area contributed by atoms with Crippen LogP contribution in [0, 0.1) is 6.92 Å². The lowest BCUT2D eigenvalue weighted by Crippen LogP contribution is -2.47. The fraction of sp³-hybridized carbons (Fsp3) is 0.240. The van der Waals surface area contributed by atoms with Crippen LogP contribution >= 0.6 is 0 Å². The highest BCUT2D eigenvalue weighted by molar-refractivity contribution is 5.86. The molecule has 6 rings (SSSR count). The molecule has 11 nitrogen and oxygen atoms in total. The van der Waals surface area contributed by atoms with Crippen LogP contribution in [0.15, 0.2) is 54.9 Å². The molecule has 2 aromatic carbocycles. The largest absolute Gasteiger partial charge is 0.508 e. The van der Waals surface area contributed by atoms with Gasteiger partial charge in [0, 0.05) is 31.9 Å². The molecule has 0 bridgehead atoms. The van der Waals surface area contributed by atoms with Crippen LogP contribution in [0.2, 0.25) is 0 Å². The van der Waals surface area contributed by atoms with E-state index in [-0.39, 0.29) is 12.3 Å². The van der Waals surface area contributed by atoms with Gasteiger partial charge in [0.1, 0.15) is 18.1 Å². The fourth-order valence-electron chi connectivity index (χ4n) is 4.72. The van der Waals surface area contributed by atoms with E-state index in [9.17, 15) is 15.0 Å². The first kappa shape index (κ1) is 21.8. The van der Waals surface area contributed by atoms with Crippen molar-refractivity contribution in [1.82, 2.24) is 29.1 Å². The first-order valence-electron chi connectivity index (χ1n) is 11.7. The van der Waals surface area contributed by atoms with Gasteiger partial charge in [-0.2, -0.15) is 9.97 Å². The molecular formula is C25H24N8O3. The number of hydrogen-bond acceptors (Lipinski definition) is 8. The van der Waals surface area contributed by atoms with Crippen LogP contribution in [-0.4, -0.2) is 71.4 Å². The predicted molar refractivity (Wildman–Crippen MR) is 135 cm³/mol. The Kier molecular flexibility index (Phi) is 5.17. The summed E-state index contributed by atoms with van der Waals surface area (Å²) in [5, 5.41) is 19.0. The number of para-hydroxylation sites is 2. The second-order valence-electron chi connectivity index (χ2n) is 8.76. The number of phenolic OH excluding ortho intramolecular Hbond substituents is 1. The number of carbonyl (C=O) groups is 1. The molecule has 0 spiro atoms. The highest BCUT2D eigenvalue weighted by Gasteiger charge is 2.24. The van der Waals surface area contributed by atoms with Gasteiger partial charge < -0.3 is 24.6 Å². The highest BCUT2D eigenvalue weighted by atomic mass is 16.4. The van der Waals surface area contributed by atoms with E-state index in [0.29, 0.717) is 36.0 Å². The minimum absolute atomic E-state index is 0.243. The van der Waals surface area contributed by atoms with Gasteiger partial charge in [0.15, 0.2) is 17.0 Å². The van der Waals surface area contributed by atoms with E-state index in [1.807, 2.05) is 47.9 Å². The average Bonchev–Trinajstić information content (AvgIpc) is 3.43. The molecule has 11 heteroatoms. The van der Waals surface area contributed by atoms with Crippen LogP contribution in [0.25, 0.3) is 28.0 Å². The summed E-state index contributed by atoms with van der Waals surface area (Å²) in [6.45, 7) is 4.54. The SMILES string of the molecule is Cc1nc2ccccc2n1-c1nc(N2CCN(c3ccc(O)cc3)CC2)nc2c1ncn2CC(=O)O. The van der Waals surface area contributed by atoms with Crippen LogP contribution < -0.4 is 9.80 Å². The molecule has 0 unspecified atom stereocenters. The third-order valence-electron chi connectivity index (χ3n) is 6.46. The molecule has 1 saturated heterocycles. The number of piperazine rings is 1. The Labute approximate surface area is 205 Å². The zero-order valence-corrected chi connectivity index (χ0v) is 19.6. The lowest BCUT2D eigenvalue weighted by Gasteiger charge is -2.36. The molecule has 0 saturated carbocycles. The number of carboxylic acids is 1. The van der Waals surface area contributed by atoms with E-state index in [1.165, 1.54) is 10.9 Å². The number of nitrogens with zero attached hydrogens (tertiary/aromatic N) is 8. The molecular weight excluding hydrogens is 460 g/mol. The molecule has 36 heavy (non-hydrogen) atoms. The van der Waals surface area contributed by atoms with Gasteiger partial charge in [-0.25, -0.2) is 9.97 Å². The maximum absolute atomic E-state index is 11.5. The van der Waals surface area contributed by atoms with Gasteiger partial charge in [-0.3, -0.25) is 9.36 Å². The van der Waals surface area contributed by atoms with Crippen molar-refractivity contribution in [3.8, 4) is 11.6 Å². The van der Waals surface area contributed by atoms with Crippen LogP contribution in [0.3, 0.4) is 0 Å². The monoisotopic (exact) mass is 484 g/mol. The van der Waals surface area contributed by atoms with Crippen molar-refractivity contribution >= 4 is 39.8 Å². The van der Waals surface area contributed by atoms with E-state index in [1.54, 1.807) is 12.1 Å². The molecule has 0 amide bonds. The van der Waals surface area contributed by atoms with E-state index >= 15 is 0 Å². The Bertz CT molecular complexity index is 1580. The second kappa shape index (κ2) is 8.52.